The maximum atomic E-state index is 13.6. The van der Waals surface area contributed by atoms with Gasteiger partial charge in [0.25, 0.3) is 5.91 Å². The molecule has 1 amide bonds. The third-order valence-corrected chi connectivity index (χ3v) is 3.76. The van der Waals surface area contributed by atoms with Gasteiger partial charge in [0.15, 0.2) is 0 Å². The first-order valence-electron chi connectivity index (χ1n) is 6.61. The number of hydrogen-bond acceptors (Lipinski definition) is 2. The Morgan fingerprint density at radius 2 is 1.87 bits per heavy atom. The summed E-state index contributed by atoms with van der Waals surface area (Å²) in [6.07, 6.45) is 3.25. The molecule has 0 spiro atoms. The van der Waals surface area contributed by atoms with Crippen LogP contribution in [0.4, 0.5) is 10.3 Å². The highest BCUT2D eigenvalue weighted by Crippen LogP contribution is 2.25. The van der Waals surface area contributed by atoms with E-state index < -0.39 is 11.7 Å². The zero-order valence-corrected chi connectivity index (χ0v) is 13.1. The summed E-state index contributed by atoms with van der Waals surface area (Å²) in [7, 11) is 0. The fourth-order valence-corrected chi connectivity index (χ4v) is 2.53. The van der Waals surface area contributed by atoms with Gasteiger partial charge < -0.3 is 0 Å². The van der Waals surface area contributed by atoms with Crippen molar-refractivity contribution < 1.29 is 9.18 Å². The Hall–Kier alpha value is -2.37. The van der Waals surface area contributed by atoms with Gasteiger partial charge in [-0.25, -0.2) is 9.37 Å². The molecule has 3 aromatic rings. The molecule has 23 heavy (non-hydrogen) atoms. The SMILES string of the molecule is O=C(Nc1nccn1-c1ccccc1)c1cc(F)c(Cl)cc1Cl. The molecule has 0 aliphatic carbocycles. The summed E-state index contributed by atoms with van der Waals surface area (Å²) < 4.78 is 15.2. The molecule has 0 saturated heterocycles. The van der Waals surface area contributed by atoms with Gasteiger partial charge in [-0.3, -0.25) is 14.7 Å². The van der Waals surface area contributed by atoms with Crippen LogP contribution in [0.15, 0.2) is 54.9 Å². The Balaban J connectivity index is 1.91. The minimum absolute atomic E-state index is 0.0174. The number of hydrogen-bond donors (Lipinski definition) is 1. The minimum Gasteiger partial charge on any atom is -0.291 e. The maximum Gasteiger partial charge on any atom is 0.259 e. The van der Waals surface area contributed by atoms with Crippen LogP contribution in [0.1, 0.15) is 10.4 Å². The number of halogens is 3. The minimum atomic E-state index is -0.715. The molecule has 2 aromatic carbocycles. The summed E-state index contributed by atoms with van der Waals surface area (Å²) in [5.41, 5.74) is 0.810. The first-order chi connectivity index (χ1) is 11.1. The third-order valence-electron chi connectivity index (χ3n) is 3.16. The van der Waals surface area contributed by atoms with Crippen molar-refractivity contribution in [1.29, 1.82) is 0 Å². The van der Waals surface area contributed by atoms with Gasteiger partial charge in [0, 0.05) is 18.1 Å². The normalized spacial score (nSPS) is 10.6. The van der Waals surface area contributed by atoms with Crippen LogP contribution < -0.4 is 5.32 Å². The van der Waals surface area contributed by atoms with Crippen LogP contribution in [0.25, 0.3) is 5.69 Å². The zero-order valence-electron chi connectivity index (χ0n) is 11.6. The predicted molar refractivity (Wildman–Crippen MR) is 87.9 cm³/mol. The highest BCUT2D eigenvalue weighted by Gasteiger charge is 2.16. The topological polar surface area (TPSA) is 46.9 Å². The number of imidazole rings is 1. The van der Waals surface area contributed by atoms with Crippen molar-refractivity contribution in [2.45, 2.75) is 0 Å². The fourth-order valence-electron chi connectivity index (χ4n) is 2.06. The molecular weight excluding hydrogens is 340 g/mol. The summed E-state index contributed by atoms with van der Waals surface area (Å²) in [6, 6.07) is 11.5. The van der Waals surface area contributed by atoms with E-state index >= 15 is 0 Å². The molecule has 7 heteroatoms. The second kappa shape index (κ2) is 6.40. The van der Waals surface area contributed by atoms with Crippen LogP contribution in [0.3, 0.4) is 0 Å². The van der Waals surface area contributed by atoms with Crippen LogP contribution in [-0.4, -0.2) is 15.5 Å². The summed E-state index contributed by atoms with van der Waals surface area (Å²) in [5, 5.41) is 2.53. The number of carbonyl (C=O) groups is 1. The molecule has 1 aromatic heterocycles. The number of nitrogens with zero attached hydrogens (tertiary/aromatic N) is 2. The molecule has 116 valence electrons. The Kier molecular flexibility index (Phi) is 4.32. The van der Waals surface area contributed by atoms with Gasteiger partial charge >= 0.3 is 0 Å². The molecule has 1 heterocycles. The number of anilines is 1. The quantitative estimate of drug-likeness (QED) is 0.704. The Labute approximate surface area is 141 Å². The molecule has 0 fully saturated rings. The number of amides is 1. The van der Waals surface area contributed by atoms with Crippen molar-refractivity contribution >= 4 is 35.1 Å². The molecule has 0 unspecified atom stereocenters. The van der Waals surface area contributed by atoms with Crippen molar-refractivity contribution in [3.05, 3.63) is 76.3 Å². The lowest BCUT2D eigenvalue weighted by Gasteiger charge is -2.10. The summed E-state index contributed by atoms with van der Waals surface area (Å²) in [5.74, 6) is -0.991. The molecule has 0 radical (unpaired) electrons. The molecular formula is C16H10Cl2FN3O. The highest BCUT2D eigenvalue weighted by molar-refractivity contribution is 6.37. The first-order valence-corrected chi connectivity index (χ1v) is 7.36. The van der Waals surface area contributed by atoms with E-state index in [-0.39, 0.29) is 15.6 Å². The molecule has 3 rings (SSSR count). The number of rotatable bonds is 3. The van der Waals surface area contributed by atoms with Gasteiger partial charge in [0.1, 0.15) is 5.82 Å². The Morgan fingerprint density at radius 3 is 2.61 bits per heavy atom. The van der Waals surface area contributed by atoms with Gasteiger partial charge in [0.05, 0.1) is 15.6 Å². The number of carbonyl (C=O) groups excluding carboxylic acids is 1. The molecule has 0 aliphatic rings. The number of para-hydroxylation sites is 1. The second-order valence-electron chi connectivity index (χ2n) is 4.66. The van der Waals surface area contributed by atoms with E-state index in [1.54, 1.807) is 17.0 Å². The third kappa shape index (κ3) is 3.21. The van der Waals surface area contributed by atoms with Crippen LogP contribution in [0.5, 0.6) is 0 Å². The first kappa shape index (κ1) is 15.5. The average Bonchev–Trinajstić information content (AvgIpc) is 2.99. The monoisotopic (exact) mass is 349 g/mol. The van der Waals surface area contributed by atoms with Crippen LogP contribution in [-0.2, 0) is 0 Å². The van der Waals surface area contributed by atoms with Crippen molar-refractivity contribution in [3.63, 3.8) is 0 Å². The van der Waals surface area contributed by atoms with E-state index in [2.05, 4.69) is 10.3 Å². The molecule has 0 bridgehead atoms. The number of benzene rings is 2. The van der Waals surface area contributed by atoms with Crippen LogP contribution in [0, 0.1) is 5.82 Å². The Bertz CT molecular complexity index is 865. The molecule has 0 atom stereocenters. The maximum absolute atomic E-state index is 13.6. The fraction of sp³-hybridized carbons (Fsp3) is 0. The number of nitrogens with one attached hydrogen (secondary N) is 1. The summed E-state index contributed by atoms with van der Waals surface area (Å²) in [4.78, 5) is 16.4. The molecule has 0 saturated carbocycles. The van der Waals surface area contributed by atoms with Crippen molar-refractivity contribution in [2.75, 3.05) is 5.32 Å². The van der Waals surface area contributed by atoms with Gasteiger partial charge in [-0.05, 0) is 24.3 Å². The van der Waals surface area contributed by atoms with E-state index in [1.807, 2.05) is 30.3 Å². The van der Waals surface area contributed by atoms with Crippen LogP contribution >= 0.6 is 23.2 Å². The largest absolute Gasteiger partial charge is 0.291 e. The van der Waals surface area contributed by atoms with Gasteiger partial charge in [-0.15, -0.1) is 0 Å². The van der Waals surface area contributed by atoms with E-state index in [0.717, 1.165) is 11.8 Å². The van der Waals surface area contributed by atoms with Crippen molar-refractivity contribution in [1.82, 2.24) is 9.55 Å². The van der Waals surface area contributed by atoms with E-state index in [0.29, 0.717) is 5.95 Å². The molecule has 1 N–H and O–H groups in total. The van der Waals surface area contributed by atoms with Crippen LogP contribution in [0.2, 0.25) is 10.0 Å². The smallest absolute Gasteiger partial charge is 0.259 e. The highest BCUT2D eigenvalue weighted by atomic mass is 35.5. The van der Waals surface area contributed by atoms with Crippen molar-refractivity contribution in [2.24, 2.45) is 0 Å². The van der Waals surface area contributed by atoms with E-state index in [9.17, 15) is 9.18 Å². The van der Waals surface area contributed by atoms with Gasteiger partial charge in [0.2, 0.25) is 5.95 Å². The number of aromatic nitrogens is 2. The lowest BCUT2D eigenvalue weighted by molar-refractivity contribution is 0.102. The lowest BCUT2D eigenvalue weighted by atomic mass is 10.2. The van der Waals surface area contributed by atoms with E-state index in [4.69, 9.17) is 23.2 Å². The van der Waals surface area contributed by atoms with Crippen molar-refractivity contribution in [3.8, 4) is 5.69 Å². The second-order valence-corrected chi connectivity index (χ2v) is 5.47. The van der Waals surface area contributed by atoms with E-state index in [1.165, 1.54) is 6.07 Å². The standard InChI is InChI=1S/C16H10Cl2FN3O/c17-12-9-13(18)14(19)8-11(12)15(23)21-16-20-6-7-22(16)10-4-2-1-3-5-10/h1-9H,(H,20,21,23). The van der Waals surface area contributed by atoms with Gasteiger partial charge in [-0.1, -0.05) is 41.4 Å². The predicted octanol–water partition coefficient (Wildman–Crippen LogP) is 4.57. The average molecular weight is 350 g/mol. The Morgan fingerprint density at radius 1 is 1.13 bits per heavy atom. The van der Waals surface area contributed by atoms with Gasteiger partial charge in [-0.2, -0.15) is 0 Å². The summed E-state index contributed by atoms with van der Waals surface area (Å²) >= 11 is 11.6. The molecule has 0 aliphatic heterocycles. The molecule has 4 nitrogen and oxygen atoms in total. The summed E-state index contributed by atoms with van der Waals surface area (Å²) in [6.45, 7) is 0. The lowest BCUT2D eigenvalue weighted by Crippen LogP contribution is -2.16. The zero-order chi connectivity index (χ0) is 16.4.